The van der Waals surface area contributed by atoms with Crippen LogP contribution in [0.15, 0.2) is 22.8 Å². The topological polar surface area (TPSA) is 42.7 Å². The predicted octanol–water partition coefficient (Wildman–Crippen LogP) is 1.63. The summed E-state index contributed by atoms with van der Waals surface area (Å²) in [5.41, 5.74) is 0. The van der Waals surface area contributed by atoms with Crippen LogP contribution in [0, 0.1) is 0 Å². The lowest BCUT2D eigenvalue weighted by molar-refractivity contribution is -0.143. The van der Waals surface area contributed by atoms with E-state index in [1.165, 1.54) is 20.0 Å². The number of methoxy groups -OCH3 is 1. The van der Waals surface area contributed by atoms with Crippen LogP contribution in [-0.2, 0) is 9.53 Å². The van der Waals surface area contributed by atoms with Gasteiger partial charge in [0.1, 0.15) is 11.7 Å². The van der Waals surface area contributed by atoms with Crippen LogP contribution in [0.5, 0.6) is 0 Å². The van der Waals surface area contributed by atoms with Crippen molar-refractivity contribution >= 4 is 5.97 Å². The van der Waals surface area contributed by atoms with Crippen molar-refractivity contribution in [3.05, 3.63) is 24.2 Å². The lowest BCUT2D eigenvalue weighted by atomic mass is 10.1. The number of hydrogen-bond acceptors (Lipinski definition) is 4. The van der Waals surface area contributed by atoms with Crippen LogP contribution >= 0.6 is 0 Å². The van der Waals surface area contributed by atoms with Gasteiger partial charge in [-0.2, -0.15) is 0 Å². The van der Waals surface area contributed by atoms with E-state index < -0.39 is 0 Å². The number of ether oxygens (including phenoxy) is 1. The Hall–Kier alpha value is -1.29. The number of nitrogens with zero attached hydrogens (tertiary/aromatic N) is 1. The molecule has 2 rings (SSSR count). The van der Waals surface area contributed by atoms with Crippen LogP contribution in [0.25, 0.3) is 0 Å². The summed E-state index contributed by atoms with van der Waals surface area (Å²) in [5, 5.41) is 0. The average Bonchev–Trinajstić information content (AvgIpc) is 2.97. The first kappa shape index (κ1) is 11.2. The Morgan fingerprint density at radius 1 is 1.56 bits per heavy atom. The molecule has 1 fully saturated rings. The van der Waals surface area contributed by atoms with Gasteiger partial charge in [-0.05, 0) is 38.1 Å². The molecule has 1 aromatic heterocycles. The second-order valence-corrected chi connectivity index (χ2v) is 4.10. The molecule has 16 heavy (non-hydrogen) atoms. The minimum atomic E-state index is -0.293. The molecule has 1 aliphatic rings. The second kappa shape index (κ2) is 5.16. The van der Waals surface area contributed by atoms with E-state index >= 15 is 0 Å². The first-order valence-electron chi connectivity index (χ1n) is 5.65. The molecule has 1 aromatic rings. The van der Waals surface area contributed by atoms with E-state index in [4.69, 9.17) is 9.15 Å². The molecule has 0 radical (unpaired) electrons. The summed E-state index contributed by atoms with van der Waals surface area (Å²) in [4.78, 5) is 14.0. The van der Waals surface area contributed by atoms with Crippen molar-refractivity contribution in [3.8, 4) is 0 Å². The summed E-state index contributed by atoms with van der Waals surface area (Å²) in [7, 11) is 1.42. The minimum absolute atomic E-state index is 0.221. The van der Waals surface area contributed by atoms with Crippen molar-refractivity contribution in [2.24, 2.45) is 0 Å². The quantitative estimate of drug-likeness (QED) is 0.728. The standard InChI is InChI=1S/C12H17NO3/c1-15-12(14)10(11-5-4-8-16-11)9-13-6-2-3-7-13/h4-5,8,10H,2-3,6-7,9H2,1H3. The third kappa shape index (κ3) is 2.44. The normalized spacial score (nSPS) is 18.6. The molecular weight excluding hydrogens is 206 g/mol. The highest BCUT2D eigenvalue weighted by Crippen LogP contribution is 2.21. The van der Waals surface area contributed by atoms with Gasteiger partial charge >= 0.3 is 5.97 Å². The van der Waals surface area contributed by atoms with Crippen molar-refractivity contribution < 1.29 is 13.9 Å². The van der Waals surface area contributed by atoms with Crippen molar-refractivity contribution in [2.45, 2.75) is 18.8 Å². The molecule has 4 nitrogen and oxygen atoms in total. The van der Waals surface area contributed by atoms with Gasteiger partial charge in [0.2, 0.25) is 0 Å². The Balaban J connectivity index is 2.05. The number of furan rings is 1. The van der Waals surface area contributed by atoms with E-state index in [1.54, 1.807) is 12.3 Å². The van der Waals surface area contributed by atoms with Gasteiger partial charge in [-0.1, -0.05) is 0 Å². The molecule has 2 heterocycles. The van der Waals surface area contributed by atoms with Crippen LogP contribution in [-0.4, -0.2) is 37.6 Å². The number of carbonyl (C=O) groups excluding carboxylic acids is 1. The van der Waals surface area contributed by atoms with E-state index in [-0.39, 0.29) is 11.9 Å². The first-order valence-corrected chi connectivity index (χ1v) is 5.65. The highest BCUT2D eigenvalue weighted by Gasteiger charge is 2.27. The van der Waals surface area contributed by atoms with Crippen LogP contribution in [0.1, 0.15) is 24.5 Å². The average molecular weight is 223 g/mol. The number of carbonyl (C=O) groups is 1. The molecule has 0 N–H and O–H groups in total. The lowest BCUT2D eigenvalue weighted by Crippen LogP contribution is -2.30. The zero-order valence-electron chi connectivity index (χ0n) is 9.52. The van der Waals surface area contributed by atoms with E-state index in [9.17, 15) is 4.79 Å². The molecule has 1 unspecified atom stereocenters. The van der Waals surface area contributed by atoms with Crippen molar-refractivity contribution in [1.82, 2.24) is 4.90 Å². The molecule has 0 aliphatic carbocycles. The maximum Gasteiger partial charge on any atom is 0.317 e. The fourth-order valence-corrected chi connectivity index (χ4v) is 2.14. The summed E-state index contributed by atoms with van der Waals surface area (Å²) >= 11 is 0. The number of esters is 1. The zero-order chi connectivity index (χ0) is 11.4. The van der Waals surface area contributed by atoms with E-state index in [1.807, 2.05) is 6.07 Å². The molecule has 1 atom stereocenters. The van der Waals surface area contributed by atoms with Crippen LogP contribution < -0.4 is 0 Å². The zero-order valence-corrected chi connectivity index (χ0v) is 9.52. The Morgan fingerprint density at radius 3 is 2.88 bits per heavy atom. The fraction of sp³-hybridized carbons (Fsp3) is 0.583. The molecule has 1 saturated heterocycles. The highest BCUT2D eigenvalue weighted by molar-refractivity contribution is 5.77. The van der Waals surface area contributed by atoms with Gasteiger partial charge < -0.3 is 14.1 Å². The van der Waals surface area contributed by atoms with Crippen molar-refractivity contribution in [2.75, 3.05) is 26.7 Å². The smallest absolute Gasteiger partial charge is 0.317 e. The molecule has 0 saturated carbocycles. The van der Waals surface area contributed by atoms with Gasteiger partial charge in [0, 0.05) is 6.54 Å². The van der Waals surface area contributed by atoms with Gasteiger partial charge in [-0.25, -0.2) is 0 Å². The molecule has 88 valence electrons. The van der Waals surface area contributed by atoms with Crippen LogP contribution in [0.2, 0.25) is 0 Å². The molecule has 4 heteroatoms. The van der Waals surface area contributed by atoms with Crippen molar-refractivity contribution in [1.29, 1.82) is 0 Å². The summed E-state index contributed by atoms with van der Waals surface area (Å²) in [5.74, 6) is 0.179. The van der Waals surface area contributed by atoms with Gasteiger partial charge in [-0.3, -0.25) is 4.79 Å². The SMILES string of the molecule is COC(=O)C(CN1CCCC1)c1ccco1. The number of rotatable bonds is 4. The van der Waals surface area contributed by atoms with Crippen LogP contribution in [0.4, 0.5) is 0 Å². The van der Waals surface area contributed by atoms with Gasteiger partial charge in [-0.15, -0.1) is 0 Å². The van der Waals surface area contributed by atoms with E-state index in [0.29, 0.717) is 12.3 Å². The summed E-state index contributed by atoms with van der Waals surface area (Å²) < 4.78 is 10.1. The minimum Gasteiger partial charge on any atom is -0.468 e. The monoisotopic (exact) mass is 223 g/mol. The number of likely N-dealkylation sites (tertiary alicyclic amines) is 1. The van der Waals surface area contributed by atoms with Crippen LogP contribution in [0.3, 0.4) is 0 Å². The Bertz CT molecular complexity index is 328. The van der Waals surface area contributed by atoms with Crippen molar-refractivity contribution in [3.63, 3.8) is 0 Å². The fourth-order valence-electron chi connectivity index (χ4n) is 2.14. The Morgan fingerprint density at radius 2 is 2.31 bits per heavy atom. The first-order chi connectivity index (χ1) is 7.81. The summed E-state index contributed by atoms with van der Waals surface area (Å²) in [6.07, 6.45) is 4.02. The largest absolute Gasteiger partial charge is 0.468 e. The number of hydrogen-bond donors (Lipinski definition) is 0. The second-order valence-electron chi connectivity index (χ2n) is 4.10. The van der Waals surface area contributed by atoms with E-state index in [2.05, 4.69) is 4.90 Å². The Kier molecular flexibility index (Phi) is 3.62. The molecule has 0 amide bonds. The predicted molar refractivity (Wildman–Crippen MR) is 59.1 cm³/mol. The lowest BCUT2D eigenvalue weighted by Gasteiger charge is -2.19. The molecule has 0 spiro atoms. The van der Waals surface area contributed by atoms with Gasteiger partial charge in [0.15, 0.2) is 0 Å². The molecule has 1 aliphatic heterocycles. The van der Waals surface area contributed by atoms with Gasteiger partial charge in [0.05, 0.1) is 13.4 Å². The van der Waals surface area contributed by atoms with Gasteiger partial charge in [0.25, 0.3) is 0 Å². The summed E-state index contributed by atoms with van der Waals surface area (Å²) in [6, 6.07) is 3.63. The maximum atomic E-state index is 11.7. The molecule has 0 aromatic carbocycles. The van der Waals surface area contributed by atoms with E-state index in [0.717, 1.165) is 13.1 Å². The summed E-state index contributed by atoms with van der Waals surface area (Å²) in [6.45, 7) is 2.82. The molecular formula is C12H17NO3. The third-order valence-corrected chi connectivity index (χ3v) is 3.01. The highest BCUT2D eigenvalue weighted by atomic mass is 16.5. The molecule has 0 bridgehead atoms. The maximum absolute atomic E-state index is 11.7. The Labute approximate surface area is 95.2 Å². The third-order valence-electron chi connectivity index (χ3n) is 3.01.